The van der Waals surface area contributed by atoms with Crippen molar-refractivity contribution >= 4 is 15.9 Å². The lowest BCUT2D eigenvalue weighted by Gasteiger charge is -2.39. The number of rotatable bonds is 4. The molecule has 1 heterocycles. The Hall–Kier alpha value is 0.240. The van der Waals surface area contributed by atoms with Crippen LogP contribution in [0, 0.1) is 0 Å². The van der Waals surface area contributed by atoms with E-state index in [1.165, 1.54) is 0 Å². The summed E-state index contributed by atoms with van der Waals surface area (Å²) in [4.78, 5) is 0. The van der Waals surface area contributed by atoms with Gasteiger partial charge in [-0.05, 0) is 0 Å². The fourth-order valence-corrected chi connectivity index (χ4v) is 1.55. The molecule has 0 aromatic carbocycles. The van der Waals surface area contributed by atoms with E-state index in [0.717, 1.165) is 0 Å². The van der Waals surface area contributed by atoms with Crippen LogP contribution in [0.1, 0.15) is 0 Å². The van der Waals surface area contributed by atoms with Crippen molar-refractivity contribution in [3.63, 3.8) is 0 Å². The van der Waals surface area contributed by atoms with Crippen molar-refractivity contribution in [2.75, 3.05) is 18.5 Å². The number of ether oxygens (including phenoxy) is 2. The van der Waals surface area contributed by atoms with E-state index >= 15 is 0 Å². The summed E-state index contributed by atoms with van der Waals surface area (Å²) in [5.74, 6) is 0. The molecular weight excluding hydrogens is 272 g/mol. The van der Waals surface area contributed by atoms with Gasteiger partial charge in [-0.3, -0.25) is 0 Å². The average Bonchev–Trinajstić information content (AvgIpc) is 2.25. The highest BCUT2D eigenvalue weighted by molar-refractivity contribution is 9.09. The van der Waals surface area contributed by atoms with E-state index in [9.17, 15) is 15.3 Å². The second-order valence-electron chi connectivity index (χ2n) is 3.26. The molecule has 7 heteroatoms. The van der Waals surface area contributed by atoms with Crippen molar-refractivity contribution in [3.05, 3.63) is 0 Å². The van der Waals surface area contributed by atoms with Gasteiger partial charge in [0.1, 0.15) is 24.4 Å². The van der Waals surface area contributed by atoms with Gasteiger partial charge in [0.2, 0.25) is 0 Å². The first-order chi connectivity index (χ1) is 7.11. The Labute approximate surface area is 95.6 Å². The van der Waals surface area contributed by atoms with Gasteiger partial charge in [0.05, 0.1) is 13.2 Å². The number of hydrogen-bond acceptors (Lipinski definition) is 6. The zero-order valence-electron chi connectivity index (χ0n) is 7.99. The Bertz CT molecular complexity index is 190. The zero-order chi connectivity index (χ0) is 11.4. The second-order valence-corrected chi connectivity index (χ2v) is 4.05. The van der Waals surface area contributed by atoms with Crippen molar-refractivity contribution in [3.8, 4) is 0 Å². The molecule has 0 saturated carbocycles. The smallest absolute Gasteiger partial charge is 0.186 e. The predicted octanol–water partition coefficient (Wildman–Crippen LogP) is -1.80. The van der Waals surface area contributed by atoms with Gasteiger partial charge in [-0.2, -0.15) is 0 Å². The number of hydrogen-bond donors (Lipinski definition) is 4. The van der Waals surface area contributed by atoms with E-state index < -0.39 is 37.3 Å². The number of alkyl halides is 1. The third kappa shape index (κ3) is 3.10. The third-order valence-electron chi connectivity index (χ3n) is 2.21. The minimum Gasteiger partial charge on any atom is -0.394 e. The van der Waals surface area contributed by atoms with Gasteiger partial charge in [0, 0.05) is 5.33 Å². The molecule has 4 N–H and O–H groups in total. The van der Waals surface area contributed by atoms with Crippen molar-refractivity contribution in [1.82, 2.24) is 0 Å². The van der Waals surface area contributed by atoms with Crippen LogP contribution in [0.15, 0.2) is 0 Å². The maximum Gasteiger partial charge on any atom is 0.186 e. The predicted molar refractivity (Wildman–Crippen MR) is 53.5 cm³/mol. The molecule has 1 fully saturated rings. The zero-order valence-corrected chi connectivity index (χ0v) is 9.58. The minimum absolute atomic E-state index is 0.294. The molecule has 5 unspecified atom stereocenters. The quantitative estimate of drug-likeness (QED) is 0.455. The molecule has 0 aromatic rings. The molecule has 0 radical (unpaired) electrons. The fourth-order valence-electron chi connectivity index (χ4n) is 1.37. The highest BCUT2D eigenvalue weighted by Crippen LogP contribution is 2.21. The van der Waals surface area contributed by atoms with Crippen LogP contribution in [-0.4, -0.2) is 69.7 Å². The molecule has 0 aromatic heterocycles. The van der Waals surface area contributed by atoms with Crippen LogP contribution in [0.25, 0.3) is 0 Å². The highest BCUT2D eigenvalue weighted by Gasteiger charge is 2.43. The van der Waals surface area contributed by atoms with Gasteiger partial charge >= 0.3 is 0 Å². The molecule has 1 rings (SSSR count). The maximum absolute atomic E-state index is 9.49. The fraction of sp³-hybridized carbons (Fsp3) is 1.00. The standard InChI is InChI=1S/C8H15BrO6/c9-1-2-14-8-7(13)6(12)5(11)4(3-10)15-8/h4-8,10-13H,1-3H2. The van der Waals surface area contributed by atoms with Gasteiger partial charge in [0.15, 0.2) is 6.29 Å². The van der Waals surface area contributed by atoms with Crippen molar-refractivity contribution in [2.24, 2.45) is 0 Å². The van der Waals surface area contributed by atoms with Gasteiger partial charge in [-0.15, -0.1) is 0 Å². The maximum atomic E-state index is 9.49. The van der Waals surface area contributed by atoms with Crippen molar-refractivity contribution in [2.45, 2.75) is 30.7 Å². The van der Waals surface area contributed by atoms with Crippen LogP contribution in [0.5, 0.6) is 0 Å². The summed E-state index contributed by atoms with van der Waals surface area (Å²) in [6.45, 7) is -0.151. The van der Waals surface area contributed by atoms with Crippen LogP contribution >= 0.6 is 15.9 Å². The topological polar surface area (TPSA) is 99.4 Å². The summed E-state index contributed by atoms with van der Waals surface area (Å²) in [5, 5.41) is 37.7. The average molecular weight is 287 g/mol. The molecule has 90 valence electrons. The van der Waals surface area contributed by atoms with Crippen LogP contribution in [0.4, 0.5) is 0 Å². The molecule has 1 saturated heterocycles. The van der Waals surface area contributed by atoms with E-state index in [1.807, 2.05) is 0 Å². The second kappa shape index (κ2) is 6.09. The molecule has 6 nitrogen and oxygen atoms in total. The summed E-state index contributed by atoms with van der Waals surface area (Å²) >= 11 is 3.13. The molecule has 1 aliphatic rings. The lowest BCUT2D eigenvalue weighted by Crippen LogP contribution is -2.59. The Balaban J connectivity index is 2.57. The Kier molecular flexibility index (Phi) is 5.41. The summed E-state index contributed by atoms with van der Waals surface area (Å²) in [7, 11) is 0. The molecule has 0 spiro atoms. The lowest BCUT2D eigenvalue weighted by molar-refractivity contribution is -0.299. The summed E-state index contributed by atoms with van der Waals surface area (Å²) in [6, 6.07) is 0. The van der Waals surface area contributed by atoms with Crippen LogP contribution < -0.4 is 0 Å². The Morgan fingerprint density at radius 3 is 2.33 bits per heavy atom. The van der Waals surface area contributed by atoms with E-state index in [1.54, 1.807) is 0 Å². The van der Waals surface area contributed by atoms with Gasteiger partial charge in [0.25, 0.3) is 0 Å². The van der Waals surface area contributed by atoms with E-state index in [0.29, 0.717) is 11.9 Å². The summed E-state index contributed by atoms with van der Waals surface area (Å²) < 4.78 is 10.2. The van der Waals surface area contributed by atoms with Gasteiger partial charge in [-0.25, -0.2) is 0 Å². The van der Waals surface area contributed by atoms with Gasteiger partial charge in [-0.1, -0.05) is 15.9 Å². The molecule has 0 amide bonds. The lowest BCUT2D eigenvalue weighted by atomic mass is 9.99. The molecule has 0 bridgehead atoms. The molecule has 5 atom stereocenters. The highest BCUT2D eigenvalue weighted by atomic mass is 79.9. The monoisotopic (exact) mass is 286 g/mol. The van der Waals surface area contributed by atoms with E-state index in [-0.39, 0.29) is 0 Å². The molecule has 0 aliphatic carbocycles. The van der Waals surface area contributed by atoms with Crippen LogP contribution in [-0.2, 0) is 9.47 Å². The third-order valence-corrected chi connectivity index (χ3v) is 2.53. The van der Waals surface area contributed by atoms with Crippen LogP contribution in [0.3, 0.4) is 0 Å². The van der Waals surface area contributed by atoms with Crippen molar-refractivity contribution in [1.29, 1.82) is 0 Å². The molecule has 15 heavy (non-hydrogen) atoms. The molecule has 1 aliphatic heterocycles. The van der Waals surface area contributed by atoms with Crippen molar-refractivity contribution < 1.29 is 29.9 Å². The first-order valence-electron chi connectivity index (χ1n) is 4.60. The number of halogens is 1. The van der Waals surface area contributed by atoms with Gasteiger partial charge < -0.3 is 29.9 Å². The number of aliphatic hydroxyl groups is 4. The minimum atomic E-state index is -1.38. The normalized spacial score (nSPS) is 41.8. The Morgan fingerprint density at radius 1 is 1.13 bits per heavy atom. The van der Waals surface area contributed by atoms with E-state index in [4.69, 9.17) is 14.6 Å². The van der Waals surface area contributed by atoms with E-state index in [2.05, 4.69) is 15.9 Å². The summed E-state index contributed by atoms with van der Waals surface area (Å²) in [6.07, 6.45) is -5.98. The van der Waals surface area contributed by atoms with Crippen LogP contribution in [0.2, 0.25) is 0 Å². The summed E-state index contributed by atoms with van der Waals surface area (Å²) in [5.41, 5.74) is 0. The number of aliphatic hydroxyl groups excluding tert-OH is 4. The SMILES string of the molecule is OCC1OC(OCCBr)C(O)C(O)C1O. The first kappa shape index (κ1) is 13.3. The molecular formula is C8H15BrO6. The largest absolute Gasteiger partial charge is 0.394 e. The Morgan fingerprint density at radius 2 is 1.80 bits per heavy atom. The first-order valence-corrected chi connectivity index (χ1v) is 5.72.